The minimum Gasteiger partial charge on any atom is -0.457 e. The Bertz CT molecular complexity index is 1130. The maximum Gasteiger partial charge on any atom is 0.240 e. The minimum absolute atomic E-state index is 0.226. The van der Waals surface area contributed by atoms with E-state index in [9.17, 15) is 4.79 Å². The molecule has 31 heavy (non-hydrogen) atoms. The maximum absolute atomic E-state index is 11.8. The number of amides is 1. The molecule has 8 nitrogen and oxygen atoms in total. The molecule has 0 aliphatic carbocycles. The molecule has 8 heteroatoms. The monoisotopic (exact) mass is 418 g/mol. The molecule has 2 N–H and O–H groups in total. The van der Waals surface area contributed by atoms with E-state index in [2.05, 4.69) is 4.98 Å². The number of aromatic nitrogens is 2. The van der Waals surface area contributed by atoms with Gasteiger partial charge in [0.05, 0.1) is 0 Å². The zero-order valence-corrected chi connectivity index (χ0v) is 17.1. The van der Waals surface area contributed by atoms with Crippen LogP contribution in [0.3, 0.4) is 0 Å². The summed E-state index contributed by atoms with van der Waals surface area (Å²) >= 11 is 0. The molecule has 1 amide bonds. The zero-order chi connectivity index (χ0) is 21.4. The van der Waals surface area contributed by atoms with Crippen molar-refractivity contribution in [2.24, 2.45) is 5.73 Å². The molecule has 0 radical (unpaired) electrons. The number of nitrogens with zero attached hydrogens (tertiary/aromatic N) is 3. The SMILES string of the molecule is Cc1cc(N2CCCC2C(N)=O)nc(-c2ccc(Oc3ccc4c(c3)OCO4)cc2)n1. The summed E-state index contributed by atoms with van der Waals surface area (Å²) in [4.78, 5) is 23.0. The number of benzene rings is 2. The lowest BCUT2D eigenvalue weighted by Crippen LogP contribution is -2.40. The van der Waals surface area contributed by atoms with E-state index in [1.54, 1.807) is 6.07 Å². The van der Waals surface area contributed by atoms with Crippen LogP contribution in [0.1, 0.15) is 18.5 Å². The van der Waals surface area contributed by atoms with Gasteiger partial charge in [0.1, 0.15) is 23.4 Å². The highest BCUT2D eigenvalue weighted by Gasteiger charge is 2.30. The number of primary amides is 1. The Morgan fingerprint density at radius 3 is 2.65 bits per heavy atom. The second-order valence-electron chi connectivity index (χ2n) is 7.59. The van der Waals surface area contributed by atoms with Gasteiger partial charge in [0.15, 0.2) is 17.3 Å². The highest BCUT2D eigenvalue weighted by atomic mass is 16.7. The van der Waals surface area contributed by atoms with Gasteiger partial charge in [-0.25, -0.2) is 9.97 Å². The van der Waals surface area contributed by atoms with Crippen LogP contribution in [0, 0.1) is 6.92 Å². The third kappa shape index (κ3) is 3.84. The quantitative estimate of drug-likeness (QED) is 0.678. The number of hydrogen-bond acceptors (Lipinski definition) is 7. The number of rotatable bonds is 5. The van der Waals surface area contributed by atoms with Crippen LogP contribution in [0.4, 0.5) is 5.82 Å². The van der Waals surface area contributed by atoms with Gasteiger partial charge in [-0.1, -0.05) is 0 Å². The molecule has 3 heterocycles. The molecule has 1 aromatic heterocycles. The molecule has 0 spiro atoms. The Kier molecular flexibility index (Phi) is 4.82. The first-order chi connectivity index (χ1) is 15.1. The molecule has 5 rings (SSSR count). The molecule has 1 unspecified atom stereocenters. The van der Waals surface area contributed by atoms with E-state index >= 15 is 0 Å². The topological polar surface area (TPSA) is 99.8 Å². The zero-order valence-electron chi connectivity index (χ0n) is 17.1. The van der Waals surface area contributed by atoms with Gasteiger partial charge < -0.3 is 24.8 Å². The van der Waals surface area contributed by atoms with Gasteiger partial charge in [-0.2, -0.15) is 0 Å². The highest BCUT2D eigenvalue weighted by Crippen LogP contribution is 2.37. The molecule has 158 valence electrons. The highest BCUT2D eigenvalue weighted by molar-refractivity contribution is 5.84. The fourth-order valence-electron chi connectivity index (χ4n) is 3.91. The van der Waals surface area contributed by atoms with Crippen molar-refractivity contribution in [1.82, 2.24) is 9.97 Å². The maximum atomic E-state index is 11.8. The first-order valence-electron chi connectivity index (χ1n) is 10.2. The lowest BCUT2D eigenvalue weighted by atomic mass is 10.2. The van der Waals surface area contributed by atoms with E-state index in [-0.39, 0.29) is 18.7 Å². The number of anilines is 1. The van der Waals surface area contributed by atoms with Crippen molar-refractivity contribution >= 4 is 11.7 Å². The smallest absolute Gasteiger partial charge is 0.240 e. The van der Waals surface area contributed by atoms with Crippen molar-refractivity contribution in [3.63, 3.8) is 0 Å². The van der Waals surface area contributed by atoms with Gasteiger partial charge in [0.25, 0.3) is 0 Å². The van der Waals surface area contributed by atoms with Crippen LogP contribution in [0.25, 0.3) is 11.4 Å². The average molecular weight is 418 g/mol. The Morgan fingerprint density at radius 1 is 1.06 bits per heavy atom. The van der Waals surface area contributed by atoms with Crippen molar-refractivity contribution < 1.29 is 19.0 Å². The van der Waals surface area contributed by atoms with Gasteiger partial charge in [0.2, 0.25) is 12.7 Å². The lowest BCUT2D eigenvalue weighted by Gasteiger charge is -2.23. The normalized spacial score (nSPS) is 17.1. The number of carbonyl (C=O) groups excluding carboxylic acids is 1. The van der Waals surface area contributed by atoms with Crippen molar-refractivity contribution in [3.8, 4) is 34.4 Å². The van der Waals surface area contributed by atoms with Gasteiger partial charge in [-0.15, -0.1) is 0 Å². The summed E-state index contributed by atoms with van der Waals surface area (Å²) in [6.07, 6.45) is 1.66. The molecular weight excluding hydrogens is 396 g/mol. The summed E-state index contributed by atoms with van der Waals surface area (Å²) in [5.74, 6) is 3.74. The predicted octanol–water partition coefficient (Wildman–Crippen LogP) is 3.43. The first kappa shape index (κ1) is 19.2. The van der Waals surface area contributed by atoms with E-state index in [1.165, 1.54) is 0 Å². The molecule has 2 aliphatic rings. The van der Waals surface area contributed by atoms with Gasteiger partial charge >= 0.3 is 0 Å². The fraction of sp³-hybridized carbons (Fsp3) is 0.261. The second-order valence-corrected chi connectivity index (χ2v) is 7.59. The van der Waals surface area contributed by atoms with Crippen LogP contribution in [-0.4, -0.2) is 35.3 Å². The van der Waals surface area contributed by atoms with Crippen LogP contribution < -0.4 is 24.8 Å². The molecule has 2 aromatic carbocycles. The number of fused-ring (bicyclic) bond motifs is 1. The number of ether oxygens (including phenoxy) is 3. The second kappa shape index (κ2) is 7.79. The molecule has 0 bridgehead atoms. The van der Waals surface area contributed by atoms with E-state index in [4.69, 9.17) is 24.9 Å². The van der Waals surface area contributed by atoms with Gasteiger partial charge in [-0.3, -0.25) is 4.79 Å². The number of aryl methyl sites for hydroxylation is 1. The van der Waals surface area contributed by atoms with Crippen molar-refractivity contribution in [3.05, 3.63) is 54.2 Å². The number of nitrogens with two attached hydrogens (primary N) is 1. The Labute approximate surface area is 179 Å². The van der Waals surface area contributed by atoms with Crippen LogP contribution in [0.2, 0.25) is 0 Å². The van der Waals surface area contributed by atoms with Gasteiger partial charge in [0, 0.05) is 29.9 Å². The Balaban J connectivity index is 1.37. The molecule has 1 atom stereocenters. The van der Waals surface area contributed by atoms with Crippen molar-refractivity contribution in [1.29, 1.82) is 0 Å². The lowest BCUT2D eigenvalue weighted by molar-refractivity contribution is -0.119. The summed E-state index contributed by atoms with van der Waals surface area (Å²) in [7, 11) is 0. The molecule has 2 aliphatic heterocycles. The molecule has 1 fully saturated rings. The predicted molar refractivity (Wildman–Crippen MR) is 114 cm³/mol. The van der Waals surface area contributed by atoms with Crippen LogP contribution in [-0.2, 0) is 4.79 Å². The molecule has 0 saturated carbocycles. The molecular formula is C23H22N4O4. The van der Waals surface area contributed by atoms with E-state index in [0.29, 0.717) is 28.8 Å². The van der Waals surface area contributed by atoms with Crippen LogP contribution >= 0.6 is 0 Å². The third-order valence-electron chi connectivity index (χ3n) is 5.41. The summed E-state index contributed by atoms with van der Waals surface area (Å²) in [5, 5.41) is 0. The fourth-order valence-corrected chi connectivity index (χ4v) is 3.91. The summed E-state index contributed by atoms with van der Waals surface area (Å²) < 4.78 is 16.6. The standard InChI is InChI=1S/C23H22N4O4/c1-14-11-21(27-10-2-3-18(27)22(24)28)26-23(25-14)15-4-6-16(7-5-15)31-17-8-9-19-20(12-17)30-13-29-19/h4-9,11-12,18H,2-3,10,13H2,1H3,(H2,24,28). The Morgan fingerprint density at radius 2 is 1.84 bits per heavy atom. The number of hydrogen-bond donors (Lipinski definition) is 1. The first-order valence-corrected chi connectivity index (χ1v) is 10.2. The minimum atomic E-state index is -0.320. The summed E-state index contributed by atoms with van der Waals surface area (Å²) in [6.45, 7) is 2.90. The van der Waals surface area contributed by atoms with Crippen molar-refractivity contribution in [2.45, 2.75) is 25.8 Å². The molecule has 3 aromatic rings. The van der Waals surface area contributed by atoms with Crippen LogP contribution in [0.5, 0.6) is 23.0 Å². The van der Waals surface area contributed by atoms with Gasteiger partial charge in [-0.05, 0) is 56.2 Å². The summed E-state index contributed by atoms with van der Waals surface area (Å²) in [5.41, 5.74) is 7.26. The number of carbonyl (C=O) groups is 1. The van der Waals surface area contributed by atoms with E-state index < -0.39 is 0 Å². The summed E-state index contributed by atoms with van der Waals surface area (Å²) in [6, 6.07) is 14.6. The van der Waals surface area contributed by atoms with Crippen LogP contribution in [0.15, 0.2) is 48.5 Å². The third-order valence-corrected chi connectivity index (χ3v) is 5.41. The van der Waals surface area contributed by atoms with E-state index in [0.717, 1.165) is 36.5 Å². The largest absolute Gasteiger partial charge is 0.457 e. The average Bonchev–Trinajstić information content (AvgIpc) is 3.43. The van der Waals surface area contributed by atoms with E-state index in [1.807, 2.05) is 54.3 Å². The molecule has 1 saturated heterocycles. The Hall–Kier alpha value is -3.81. The van der Waals surface area contributed by atoms with Crippen molar-refractivity contribution in [2.75, 3.05) is 18.2 Å².